The van der Waals surface area contributed by atoms with Crippen LogP contribution in [0.25, 0.3) is 10.2 Å². The second-order valence-corrected chi connectivity index (χ2v) is 9.01. The second kappa shape index (κ2) is 9.54. The lowest BCUT2D eigenvalue weighted by Crippen LogP contribution is -2.43. The van der Waals surface area contributed by atoms with Gasteiger partial charge in [-0.05, 0) is 43.9 Å². The number of carbonyl (C=O) groups is 1. The summed E-state index contributed by atoms with van der Waals surface area (Å²) < 4.78 is 7.42. The number of hydrogen-bond donors (Lipinski definition) is 0. The van der Waals surface area contributed by atoms with Gasteiger partial charge >= 0.3 is 0 Å². The number of nitrogens with zero attached hydrogens (tertiary/aromatic N) is 2. The van der Waals surface area contributed by atoms with Crippen LogP contribution in [0.3, 0.4) is 0 Å². The van der Waals surface area contributed by atoms with Crippen molar-refractivity contribution in [3.63, 3.8) is 0 Å². The molecule has 3 aromatic rings. The van der Waals surface area contributed by atoms with E-state index in [1.165, 1.54) is 6.42 Å². The van der Waals surface area contributed by atoms with Crippen LogP contribution in [0.5, 0.6) is 0 Å². The number of fused-ring (bicyclic) bond motifs is 1. The number of ether oxygens (including phenoxy) is 1. The average molecular weight is 421 g/mol. The summed E-state index contributed by atoms with van der Waals surface area (Å²) in [5.41, 5.74) is 2.86. The molecule has 1 amide bonds. The van der Waals surface area contributed by atoms with E-state index in [0.717, 1.165) is 52.3 Å². The van der Waals surface area contributed by atoms with Crippen molar-refractivity contribution in [2.75, 3.05) is 13.1 Å². The van der Waals surface area contributed by atoms with Gasteiger partial charge in [-0.2, -0.15) is 0 Å². The zero-order chi connectivity index (χ0) is 20.9. The summed E-state index contributed by atoms with van der Waals surface area (Å²) in [7, 11) is 0. The number of hydrogen-bond acceptors (Lipinski definition) is 4. The first-order valence-electron chi connectivity index (χ1n) is 10.6. The smallest absolute Gasteiger partial charge is 0.235 e. The molecule has 4 rings (SSSR count). The van der Waals surface area contributed by atoms with Gasteiger partial charge in [0.25, 0.3) is 0 Å². The van der Waals surface area contributed by atoms with Crippen molar-refractivity contribution in [1.82, 2.24) is 9.88 Å². The maximum Gasteiger partial charge on any atom is 0.235 e. The van der Waals surface area contributed by atoms with Crippen molar-refractivity contribution in [2.24, 2.45) is 0 Å². The van der Waals surface area contributed by atoms with Crippen LogP contribution in [0.4, 0.5) is 0 Å². The Bertz CT molecular complexity index is 975. The highest BCUT2D eigenvalue weighted by atomic mass is 32.1. The van der Waals surface area contributed by atoms with Crippen LogP contribution in [-0.4, -0.2) is 35.0 Å². The van der Waals surface area contributed by atoms with E-state index in [1.807, 2.05) is 60.4 Å². The minimum atomic E-state index is -0.471. The molecule has 0 unspecified atom stereocenters. The van der Waals surface area contributed by atoms with Crippen LogP contribution in [0.2, 0.25) is 0 Å². The normalized spacial score (nSPS) is 16.4. The van der Waals surface area contributed by atoms with E-state index >= 15 is 0 Å². The molecule has 0 aliphatic carbocycles. The molecule has 5 heteroatoms. The fraction of sp³-hybridized carbons (Fsp3) is 0.360. The van der Waals surface area contributed by atoms with Crippen molar-refractivity contribution in [2.45, 2.75) is 44.8 Å². The van der Waals surface area contributed by atoms with Crippen molar-refractivity contribution in [1.29, 1.82) is 0 Å². The fourth-order valence-corrected chi connectivity index (χ4v) is 5.07. The zero-order valence-electron chi connectivity index (χ0n) is 17.4. The van der Waals surface area contributed by atoms with E-state index in [-0.39, 0.29) is 5.91 Å². The van der Waals surface area contributed by atoms with Gasteiger partial charge in [0.2, 0.25) is 5.91 Å². The molecule has 1 saturated heterocycles. The molecule has 0 N–H and O–H groups in total. The lowest BCUT2D eigenvalue weighted by Gasteiger charge is -2.33. The highest BCUT2D eigenvalue weighted by molar-refractivity contribution is 7.18. The van der Waals surface area contributed by atoms with Crippen LogP contribution < -0.4 is 0 Å². The summed E-state index contributed by atoms with van der Waals surface area (Å²) in [5, 5.41) is 0.813. The monoisotopic (exact) mass is 420 g/mol. The Labute approximate surface area is 182 Å². The molecule has 1 aliphatic heterocycles. The quantitative estimate of drug-likeness (QED) is 0.470. The molecule has 0 bridgehead atoms. The number of likely N-dealkylation sites (tertiary alicyclic amines) is 1. The van der Waals surface area contributed by atoms with Gasteiger partial charge in [-0.3, -0.25) is 4.79 Å². The fourth-order valence-electron chi connectivity index (χ4n) is 3.98. The van der Waals surface area contributed by atoms with Gasteiger partial charge in [-0.25, -0.2) is 4.98 Å². The summed E-state index contributed by atoms with van der Waals surface area (Å²) in [6.45, 7) is 8.17. The first-order valence-corrected chi connectivity index (χ1v) is 11.4. The molecule has 0 radical (unpaired) electrons. The number of piperidine rings is 1. The molecule has 1 aromatic heterocycles. The van der Waals surface area contributed by atoms with Crippen molar-refractivity contribution in [3.8, 4) is 0 Å². The molecular formula is C25H28N2O2S. The minimum Gasteiger partial charge on any atom is -0.368 e. The summed E-state index contributed by atoms with van der Waals surface area (Å²) in [5.74, 6) is -0.364. The van der Waals surface area contributed by atoms with Gasteiger partial charge in [0.05, 0.1) is 22.9 Å². The lowest BCUT2D eigenvalue weighted by atomic mass is 9.95. The molecule has 30 heavy (non-hydrogen) atoms. The number of rotatable bonds is 7. The highest BCUT2D eigenvalue weighted by Crippen LogP contribution is 2.35. The number of benzene rings is 2. The van der Waals surface area contributed by atoms with Gasteiger partial charge in [0, 0.05) is 13.1 Å². The van der Waals surface area contributed by atoms with Gasteiger partial charge in [-0.1, -0.05) is 54.6 Å². The third-order valence-corrected chi connectivity index (χ3v) is 6.69. The summed E-state index contributed by atoms with van der Waals surface area (Å²) >= 11 is 1.59. The molecule has 0 saturated carbocycles. The Hall–Kier alpha value is -2.50. The Morgan fingerprint density at radius 2 is 1.80 bits per heavy atom. The van der Waals surface area contributed by atoms with E-state index in [9.17, 15) is 4.79 Å². The molecule has 1 aliphatic rings. The van der Waals surface area contributed by atoms with Gasteiger partial charge in [0.15, 0.2) is 0 Å². The molecule has 4 nitrogen and oxygen atoms in total. The number of carbonyl (C=O) groups excluding carboxylic acids is 1. The van der Waals surface area contributed by atoms with Gasteiger partial charge in [-0.15, -0.1) is 11.3 Å². The number of aromatic nitrogens is 1. The number of thiazole rings is 1. The predicted octanol–water partition coefficient (Wildman–Crippen LogP) is 5.55. The van der Waals surface area contributed by atoms with Gasteiger partial charge in [0.1, 0.15) is 10.9 Å². The van der Waals surface area contributed by atoms with E-state index < -0.39 is 12.0 Å². The van der Waals surface area contributed by atoms with Crippen molar-refractivity contribution >= 4 is 27.5 Å². The maximum absolute atomic E-state index is 13.7. The van der Waals surface area contributed by atoms with Crippen LogP contribution in [0.15, 0.2) is 66.7 Å². The van der Waals surface area contributed by atoms with E-state index in [2.05, 4.69) is 12.6 Å². The van der Waals surface area contributed by atoms with E-state index in [1.54, 1.807) is 11.3 Å². The molecule has 0 spiro atoms. The van der Waals surface area contributed by atoms with E-state index in [0.29, 0.717) is 6.61 Å². The number of amides is 1. The molecule has 2 atom stereocenters. The molecule has 2 aromatic carbocycles. The molecular weight excluding hydrogens is 392 g/mol. The number of para-hydroxylation sites is 1. The minimum absolute atomic E-state index is 0.106. The standard InChI is InChI=1S/C25H28N2O2S/c1-18(2)23(29-17-19-11-5-3-6-12-19)22(25(28)27-15-9-4-10-16-27)24-26-20-13-7-8-14-21(20)30-24/h3,5-8,11-14,22-23H,1,4,9-10,15-17H2,2H3/t22-,23-/m0/s1. The van der Waals surface area contributed by atoms with Crippen LogP contribution in [0.1, 0.15) is 42.7 Å². The van der Waals surface area contributed by atoms with E-state index in [4.69, 9.17) is 9.72 Å². The Morgan fingerprint density at radius 3 is 2.50 bits per heavy atom. The maximum atomic E-state index is 13.7. The molecule has 156 valence electrons. The summed E-state index contributed by atoms with van der Waals surface area (Å²) in [6, 6.07) is 18.1. The lowest BCUT2D eigenvalue weighted by molar-refractivity contribution is -0.137. The third kappa shape index (κ3) is 4.63. The zero-order valence-corrected chi connectivity index (χ0v) is 18.2. The highest BCUT2D eigenvalue weighted by Gasteiger charge is 2.37. The Morgan fingerprint density at radius 1 is 1.10 bits per heavy atom. The predicted molar refractivity (Wildman–Crippen MR) is 123 cm³/mol. The van der Waals surface area contributed by atoms with Crippen LogP contribution >= 0.6 is 11.3 Å². The van der Waals surface area contributed by atoms with Crippen LogP contribution in [0, 0.1) is 0 Å². The molecule has 1 fully saturated rings. The average Bonchev–Trinajstić information content (AvgIpc) is 3.21. The van der Waals surface area contributed by atoms with Crippen LogP contribution in [-0.2, 0) is 16.1 Å². The first kappa shape index (κ1) is 20.8. The van der Waals surface area contributed by atoms with Crippen molar-refractivity contribution in [3.05, 3.63) is 77.3 Å². The van der Waals surface area contributed by atoms with Gasteiger partial charge < -0.3 is 9.64 Å². The largest absolute Gasteiger partial charge is 0.368 e. The summed E-state index contributed by atoms with van der Waals surface area (Å²) in [6.07, 6.45) is 2.88. The first-order chi connectivity index (χ1) is 14.6. The third-order valence-electron chi connectivity index (χ3n) is 5.57. The Kier molecular flexibility index (Phi) is 6.60. The summed E-state index contributed by atoms with van der Waals surface area (Å²) in [4.78, 5) is 20.5. The second-order valence-electron chi connectivity index (χ2n) is 7.95. The van der Waals surface area contributed by atoms with Crippen molar-refractivity contribution < 1.29 is 9.53 Å². The Balaban J connectivity index is 1.67. The SMILES string of the molecule is C=C(C)[C@H](OCc1ccccc1)[C@H](C(=O)N1CCCCC1)c1nc2ccccc2s1. The molecule has 2 heterocycles. The topological polar surface area (TPSA) is 42.4 Å².